The first kappa shape index (κ1) is 14.8. The molecular formula is C14H22N2O4. The van der Waals surface area contributed by atoms with Crippen LogP contribution in [-0.4, -0.2) is 37.0 Å². The summed E-state index contributed by atoms with van der Waals surface area (Å²) in [4.78, 5) is 35.2. The van der Waals surface area contributed by atoms with Gasteiger partial charge in [0.05, 0.1) is 7.11 Å². The van der Waals surface area contributed by atoms with E-state index in [2.05, 4.69) is 10.6 Å². The van der Waals surface area contributed by atoms with Crippen molar-refractivity contribution >= 4 is 17.8 Å². The first-order chi connectivity index (χ1) is 9.61. The lowest BCUT2D eigenvalue weighted by atomic mass is 9.83. The van der Waals surface area contributed by atoms with Gasteiger partial charge in [0.15, 0.2) is 0 Å². The standard InChI is InChI=1S/C14H22N2O4/c1-20-14(19)12(9-5-3-2-4-6-9)16-13(18)10-7-8-11(17)15-10/h9-10,12H,2-8H2,1H3,(H,15,17)(H,16,18)/t10-,12+/m0/s1. The summed E-state index contributed by atoms with van der Waals surface area (Å²) in [5, 5.41) is 5.39. The van der Waals surface area contributed by atoms with Crippen LogP contribution < -0.4 is 10.6 Å². The molecule has 0 radical (unpaired) electrons. The average molecular weight is 282 g/mol. The van der Waals surface area contributed by atoms with Crippen LogP contribution in [0, 0.1) is 5.92 Å². The number of hydrogen-bond acceptors (Lipinski definition) is 4. The lowest BCUT2D eigenvalue weighted by molar-refractivity contribution is -0.147. The maximum absolute atomic E-state index is 12.1. The van der Waals surface area contributed by atoms with E-state index in [-0.39, 0.29) is 17.7 Å². The molecule has 6 heteroatoms. The molecular weight excluding hydrogens is 260 g/mol. The van der Waals surface area contributed by atoms with Crippen LogP contribution in [0.4, 0.5) is 0 Å². The van der Waals surface area contributed by atoms with E-state index in [0.29, 0.717) is 12.8 Å². The highest BCUT2D eigenvalue weighted by atomic mass is 16.5. The molecule has 0 spiro atoms. The first-order valence-electron chi connectivity index (χ1n) is 7.29. The van der Waals surface area contributed by atoms with Crippen molar-refractivity contribution in [3.8, 4) is 0 Å². The third kappa shape index (κ3) is 3.49. The molecule has 2 atom stereocenters. The Morgan fingerprint density at radius 2 is 1.95 bits per heavy atom. The molecule has 2 aliphatic rings. The Hall–Kier alpha value is -1.59. The molecule has 20 heavy (non-hydrogen) atoms. The van der Waals surface area contributed by atoms with Gasteiger partial charge < -0.3 is 15.4 Å². The number of nitrogens with one attached hydrogen (secondary N) is 2. The van der Waals surface area contributed by atoms with Crippen molar-refractivity contribution in [3.05, 3.63) is 0 Å². The van der Waals surface area contributed by atoms with Gasteiger partial charge in [-0.2, -0.15) is 0 Å². The Labute approximate surface area is 118 Å². The van der Waals surface area contributed by atoms with Crippen molar-refractivity contribution in [1.29, 1.82) is 0 Å². The Bertz CT molecular complexity index is 391. The van der Waals surface area contributed by atoms with Crippen LogP contribution in [0.5, 0.6) is 0 Å². The van der Waals surface area contributed by atoms with Gasteiger partial charge in [-0.3, -0.25) is 9.59 Å². The molecule has 112 valence electrons. The molecule has 0 bridgehead atoms. The molecule has 2 fully saturated rings. The average Bonchev–Trinajstić information content (AvgIpc) is 2.91. The van der Waals surface area contributed by atoms with Crippen molar-refractivity contribution in [2.24, 2.45) is 5.92 Å². The molecule has 0 aromatic rings. The smallest absolute Gasteiger partial charge is 0.328 e. The van der Waals surface area contributed by atoms with Gasteiger partial charge in [-0.25, -0.2) is 4.79 Å². The Morgan fingerprint density at radius 1 is 1.25 bits per heavy atom. The largest absolute Gasteiger partial charge is 0.467 e. The number of rotatable bonds is 4. The molecule has 1 aliphatic heterocycles. The topological polar surface area (TPSA) is 84.5 Å². The minimum atomic E-state index is -0.592. The van der Waals surface area contributed by atoms with E-state index in [4.69, 9.17) is 4.74 Å². The fraction of sp³-hybridized carbons (Fsp3) is 0.786. The zero-order valence-electron chi connectivity index (χ0n) is 11.8. The molecule has 1 saturated carbocycles. The highest BCUT2D eigenvalue weighted by Crippen LogP contribution is 2.27. The van der Waals surface area contributed by atoms with E-state index >= 15 is 0 Å². The van der Waals surface area contributed by atoms with Crippen LogP contribution in [0.3, 0.4) is 0 Å². The molecule has 0 aromatic carbocycles. The molecule has 2 amide bonds. The number of ether oxygens (including phenoxy) is 1. The van der Waals surface area contributed by atoms with Crippen LogP contribution in [0.2, 0.25) is 0 Å². The predicted molar refractivity (Wildman–Crippen MR) is 71.7 cm³/mol. The maximum atomic E-state index is 12.1. The summed E-state index contributed by atoms with van der Waals surface area (Å²) in [5.41, 5.74) is 0. The minimum Gasteiger partial charge on any atom is -0.467 e. The fourth-order valence-electron chi connectivity index (χ4n) is 3.03. The van der Waals surface area contributed by atoms with Gasteiger partial charge >= 0.3 is 5.97 Å². The second-order valence-corrected chi connectivity index (χ2v) is 5.57. The molecule has 1 saturated heterocycles. The van der Waals surface area contributed by atoms with Crippen molar-refractivity contribution in [1.82, 2.24) is 10.6 Å². The summed E-state index contributed by atoms with van der Waals surface area (Å²) in [6.45, 7) is 0. The number of methoxy groups -OCH3 is 1. The predicted octanol–water partition coefficient (Wildman–Crippen LogP) is 0.503. The van der Waals surface area contributed by atoms with Gasteiger partial charge in [-0.05, 0) is 25.2 Å². The normalized spacial score (nSPS) is 24.9. The summed E-state index contributed by atoms with van der Waals surface area (Å²) in [6, 6.07) is -1.11. The third-order valence-corrected chi connectivity index (χ3v) is 4.19. The second kappa shape index (κ2) is 6.72. The van der Waals surface area contributed by atoms with Gasteiger partial charge in [0.2, 0.25) is 11.8 Å². The molecule has 0 unspecified atom stereocenters. The summed E-state index contributed by atoms with van der Waals surface area (Å²) in [7, 11) is 1.33. The zero-order valence-corrected chi connectivity index (χ0v) is 11.8. The highest BCUT2D eigenvalue weighted by molar-refractivity contribution is 5.93. The zero-order chi connectivity index (χ0) is 14.5. The van der Waals surface area contributed by atoms with Crippen LogP contribution in [0.15, 0.2) is 0 Å². The number of carbonyl (C=O) groups excluding carboxylic acids is 3. The highest BCUT2D eigenvalue weighted by Gasteiger charge is 2.35. The summed E-state index contributed by atoms with van der Waals surface area (Å²) in [5.74, 6) is -0.652. The molecule has 2 N–H and O–H groups in total. The van der Waals surface area contributed by atoms with Crippen LogP contribution in [0.25, 0.3) is 0 Å². The number of carbonyl (C=O) groups is 3. The van der Waals surface area contributed by atoms with Crippen molar-refractivity contribution in [3.63, 3.8) is 0 Å². The van der Waals surface area contributed by atoms with Gasteiger partial charge in [0.1, 0.15) is 12.1 Å². The SMILES string of the molecule is COC(=O)[C@H](NC(=O)[C@@H]1CCC(=O)N1)C1CCCCC1. The molecule has 0 aromatic heterocycles. The third-order valence-electron chi connectivity index (χ3n) is 4.19. The Balaban J connectivity index is 1.97. The molecule has 1 aliphatic carbocycles. The Morgan fingerprint density at radius 3 is 2.50 bits per heavy atom. The quantitative estimate of drug-likeness (QED) is 0.736. The van der Waals surface area contributed by atoms with Crippen molar-refractivity contribution in [2.45, 2.75) is 57.0 Å². The van der Waals surface area contributed by atoms with E-state index in [1.165, 1.54) is 13.5 Å². The van der Waals surface area contributed by atoms with Gasteiger partial charge in [0.25, 0.3) is 0 Å². The number of hydrogen-bond donors (Lipinski definition) is 2. The van der Waals surface area contributed by atoms with E-state index in [0.717, 1.165) is 25.7 Å². The fourth-order valence-corrected chi connectivity index (χ4v) is 3.03. The van der Waals surface area contributed by atoms with E-state index in [9.17, 15) is 14.4 Å². The molecule has 1 heterocycles. The number of amides is 2. The molecule has 6 nitrogen and oxygen atoms in total. The van der Waals surface area contributed by atoms with E-state index < -0.39 is 18.1 Å². The summed E-state index contributed by atoms with van der Waals surface area (Å²) < 4.78 is 4.81. The van der Waals surface area contributed by atoms with Crippen LogP contribution in [0.1, 0.15) is 44.9 Å². The van der Waals surface area contributed by atoms with Crippen LogP contribution in [-0.2, 0) is 19.1 Å². The van der Waals surface area contributed by atoms with Crippen molar-refractivity contribution < 1.29 is 19.1 Å². The number of esters is 1. The first-order valence-corrected chi connectivity index (χ1v) is 7.29. The summed E-state index contributed by atoms with van der Waals surface area (Å²) in [6.07, 6.45) is 6.04. The van der Waals surface area contributed by atoms with Crippen molar-refractivity contribution in [2.75, 3.05) is 7.11 Å². The Kier molecular flexibility index (Phi) is 4.98. The van der Waals surface area contributed by atoms with Gasteiger partial charge in [-0.15, -0.1) is 0 Å². The lowest BCUT2D eigenvalue weighted by Gasteiger charge is -2.29. The van der Waals surface area contributed by atoms with Crippen LogP contribution >= 0.6 is 0 Å². The minimum absolute atomic E-state index is 0.113. The van der Waals surface area contributed by atoms with E-state index in [1.807, 2.05) is 0 Å². The molecule has 2 rings (SSSR count). The van der Waals surface area contributed by atoms with Gasteiger partial charge in [-0.1, -0.05) is 19.3 Å². The monoisotopic (exact) mass is 282 g/mol. The maximum Gasteiger partial charge on any atom is 0.328 e. The van der Waals surface area contributed by atoms with E-state index in [1.54, 1.807) is 0 Å². The summed E-state index contributed by atoms with van der Waals surface area (Å²) >= 11 is 0. The lowest BCUT2D eigenvalue weighted by Crippen LogP contribution is -2.52. The second-order valence-electron chi connectivity index (χ2n) is 5.57. The van der Waals surface area contributed by atoms with Gasteiger partial charge in [0, 0.05) is 6.42 Å².